The summed E-state index contributed by atoms with van der Waals surface area (Å²) in [6.45, 7) is 7.80. The van der Waals surface area contributed by atoms with Gasteiger partial charge in [-0.25, -0.2) is 4.98 Å². The van der Waals surface area contributed by atoms with Crippen LogP contribution in [0.5, 0.6) is 0 Å². The molecule has 0 spiro atoms. The molecule has 1 heterocycles. The Kier molecular flexibility index (Phi) is 6.08. The smallest absolute Gasteiger partial charge is 0.115 e. The first-order valence-electron chi connectivity index (χ1n) is 3.37. The Bertz CT molecular complexity index is 156. The zero-order chi connectivity index (χ0) is 7.82. The van der Waals surface area contributed by atoms with Gasteiger partial charge in [0.05, 0.1) is 0 Å². The monoisotopic (exact) mass is 155 g/mol. The first-order valence-corrected chi connectivity index (χ1v) is 4.25. The minimum absolute atomic E-state index is 0.986. The number of nitrogens with zero attached hydrogens (tertiary/aromatic N) is 1. The van der Waals surface area contributed by atoms with Crippen molar-refractivity contribution < 1.29 is 0 Å². The maximum Gasteiger partial charge on any atom is 0.115 e. The molecule has 0 aromatic carbocycles. The minimum Gasteiger partial charge on any atom is -0.245 e. The summed E-state index contributed by atoms with van der Waals surface area (Å²) in [5.41, 5.74) is 0. The lowest BCUT2D eigenvalue weighted by Gasteiger charge is -1.70. The number of aromatic nitrogens is 1. The van der Waals surface area contributed by atoms with Crippen LogP contribution in [0.25, 0.3) is 6.08 Å². The summed E-state index contributed by atoms with van der Waals surface area (Å²) in [5, 5.41) is 2.91. The molecule has 0 unspecified atom stereocenters. The second-order valence-corrected chi connectivity index (χ2v) is 2.71. The van der Waals surface area contributed by atoms with Gasteiger partial charge in [-0.1, -0.05) is 26.8 Å². The topological polar surface area (TPSA) is 12.9 Å². The number of hydrogen-bond acceptors (Lipinski definition) is 2. The summed E-state index contributed by atoms with van der Waals surface area (Å²) < 4.78 is 0. The van der Waals surface area contributed by atoms with Gasteiger partial charge in [-0.15, -0.1) is 11.3 Å². The van der Waals surface area contributed by atoms with Crippen LogP contribution in [0.4, 0.5) is 0 Å². The van der Waals surface area contributed by atoms with E-state index in [1.54, 1.807) is 23.6 Å². The van der Waals surface area contributed by atoms with Gasteiger partial charge in [-0.3, -0.25) is 0 Å². The van der Waals surface area contributed by atoms with Crippen LogP contribution in [0.3, 0.4) is 0 Å². The number of rotatable bonds is 1. The van der Waals surface area contributed by atoms with E-state index in [9.17, 15) is 0 Å². The molecule has 0 aliphatic carbocycles. The van der Waals surface area contributed by atoms with Crippen LogP contribution in [0.1, 0.15) is 25.3 Å². The normalized spacial score (nSPS) is 7.80. The molecule has 1 aromatic heterocycles. The molecule has 0 saturated carbocycles. The van der Waals surface area contributed by atoms with E-state index in [1.807, 2.05) is 5.38 Å². The van der Waals surface area contributed by atoms with E-state index >= 15 is 0 Å². The lowest BCUT2D eigenvalue weighted by molar-refractivity contribution is 1.09. The Labute approximate surface area is 66.4 Å². The largest absolute Gasteiger partial charge is 0.245 e. The van der Waals surface area contributed by atoms with Crippen molar-refractivity contribution in [1.29, 1.82) is 0 Å². The summed E-state index contributed by atoms with van der Waals surface area (Å²) in [4.78, 5) is 3.94. The van der Waals surface area contributed by atoms with Crippen LogP contribution in [0.15, 0.2) is 18.2 Å². The molecule has 0 aliphatic rings. The van der Waals surface area contributed by atoms with Crippen LogP contribution < -0.4 is 0 Å². The van der Waals surface area contributed by atoms with E-state index in [1.165, 1.54) is 6.42 Å². The maximum atomic E-state index is 3.94. The van der Waals surface area contributed by atoms with Gasteiger partial charge in [0.2, 0.25) is 0 Å². The average molecular weight is 155 g/mol. The van der Waals surface area contributed by atoms with Crippen molar-refractivity contribution in [2.45, 2.75) is 20.3 Å². The SMILES string of the molecule is C=Cc1nccs1.CCC. The van der Waals surface area contributed by atoms with E-state index in [0.717, 1.165) is 5.01 Å². The molecule has 1 nitrogen and oxygen atoms in total. The van der Waals surface area contributed by atoms with Gasteiger partial charge in [-0.05, 0) is 6.08 Å². The van der Waals surface area contributed by atoms with Crippen LogP contribution in [-0.2, 0) is 0 Å². The Morgan fingerprint density at radius 1 is 1.70 bits per heavy atom. The molecule has 56 valence electrons. The molecule has 1 rings (SSSR count). The van der Waals surface area contributed by atoms with Gasteiger partial charge >= 0.3 is 0 Å². The van der Waals surface area contributed by atoms with Crippen molar-refractivity contribution in [1.82, 2.24) is 4.98 Å². The Morgan fingerprint density at radius 3 is 2.50 bits per heavy atom. The van der Waals surface area contributed by atoms with Crippen molar-refractivity contribution in [2.75, 3.05) is 0 Å². The van der Waals surface area contributed by atoms with Gasteiger partial charge in [0.1, 0.15) is 5.01 Å². The highest BCUT2D eigenvalue weighted by Crippen LogP contribution is 2.03. The van der Waals surface area contributed by atoms with Crippen molar-refractivity contribution in [3.05, 3.63) is 23.2 Å². The first kappa shape index (κ1) is 9.37. The number of hydrogen-bond donors (Lipinski definition) is 0. The maximum absolute atomic E-state index is 3.94. The van der Waals surface area contributed by atoms with Crippen molar-refractivity contribution in [3.8, 4) is 0 Å². The van der Waals surface area contributed by atoms with E-state index in [-0.39, 0.29) is 0 Å². The lowest BCUT2D eigenvalue weighted by Crippen LogP contribution is -1.58. The van der Waals surface area contributed by atoms with E-state index in [2.05, 4.69) is 25.4 Å². The average Bonchev–Trinajstić information content (AvgIpc) is 2.39. The molecular formula is C8H13NS. The summed E-state index contributed by atoms with van der Waals surface area (Å²) in [7, 11) is 0. The van der Waals surface area contributed by atoms with Crippen LogP contribution >= 0.6 is 11.3 Å². The zero-order valence-electron chi connectivity index (χ0n) is 6.50. The first-order chi connectivity index (χ1) is 4.85. The summed E-state index contributed by atoms with van der Waals surface area (Å²) in [6.07, 6.45) is 4.76. The highest BCUT2D eigenvalue weighted by atomic mass is 32.1. The van der Waals surface area contributed by atoms with Crippen LogP contribution in [0, 0.1) is 0 Å². The third kappa shape index (κ3) is 4.27. The Hall–Kier alpha value is -0.630. The standard InChI is InChI=1S/C5H5NS.C3H8/c1-2-5-6-3-4-7-5;1-3-2/h2-4H,1H2;3H2,1-2H3. The molecule has 0 atom stereocenters. The Balaban J connectivity index is 0.000000236. The minimum atomic E-state index is 0.986. The number of thiazole rings is 1. The lowest BCUT2D eigenvalue weighted by atomic mass is 10.6. The molecule has 1 aromatic rings. The molecule has 0 aliphatic heterocycles. The van der Waals surface area contributed by atoms with Gasteiger partial charge in [-0.2, -0.15) is 0 Å². The van der Waals surface area contributed by atoms with Gasteiger partial charge in [0, 0.05) is 11.6 Å². The summed E-state index contributed by atoms with van der Waals surface area (Å²) >= 11 is 1.59. The van der Waals surface area contributed by atoms with Crippen LogP contribution in [0.2, 0.25) is 0 Å². The fourth-order valence-electron chi connectivity index (χ4n) is 0.335. The van der Waals surface area contributed by atoms with Gasteiger partial charge in [0.15, 0.2) is 0 Å². The molecule has 0 amide bonds. The zero-order valence-corrected chi connectivity index (χ0v) is 7.32. The van der Waals surface area contributed by atoms with E-state index in [4.69, 9.17) is 0 Å². The second-order valence-electron chi connectivity index (χ2n) is 1.78. The molecule has 10 heavy (non-hydrogen) atoms. The predicted molar refractivity (Wildman–Crippen MR) is 48.2 cm³/mol. The van der Waals surface area contributed by atoms with Crippen LogP contribution in [-0.4, -0.2) is 4.98 Å². The van der Waals surface area contributed by atoms with E-state index < -0.39 is 0 Å². The third-order valence-electron chi connectivity index (χ3n) is 0.626. The third-order valence-corrected chi connectivity index (χ3v) is 1.40. The molecule has 0 fully saturated rings. The molecule has 0 saturated heterocycles. The predicted octanol–water partition coefficient (Wildman–Crippen LogP) is 3.20. The second kappa shape index (κ2) is 6.49. The molecule has 0 radical (unpaired) electrons. The quantitative estimate of drug-likeness (QED) is 0.607. The Morgan fingerprint density at radius 2 is 2.30 bits per heavy atom. The molecule has 2 heteroatoms. The van der Waals surface area contributed by atoms with Crippen molar-refractivity contribution >= 4 is 17.4 Å². The van der Waals surface area contributed by atoms with Gasteiger partial charge in [0.25, 0.3) is 0 Å². The van der Waals surface area contributed by atoms with Crippen molar-refractivity contribution in [3.63, 3.8) is 0 Å². The molecule has 0 N–H and O–H groups in total. The van der Waals surface area contributed by atoms with Gasteiger partial charge < -0.3 is 0 Å². The fraction of sp³-hybridized carbons (Fsp3) is 0.375. The molecular weight excluding hydrogens is 142 g/mol. The molecule has 0 bridgehead atoms. The highest BCUT2D eigenvalue weighted by molar-refractivity contribution is 7.10. The van der Waals surface area contributed by atoms with Crippen molar-refractivity contribution in [2.24, 2.45) is 0 Å². The highest BCUT2D eigenvalue weighted by Gasteiger charge is 1.80. The fourth-order valence-corrected chi connectivity index (χ4v) is 0.814. The summed E-state index contributed by atoms with van der Waals surface area (Å²) in [5.74, 6) is 0. The van der Waals surface area contributed by atoms with E-state index in [0.29, 0.717) is 0 Å². The summed E-state index contributed by atoms with van der Waals surface area (Å²) in [6, 6.07) is 0.